The molecule has 0 aromatic heterocycles. The first kappa shape index (κ1) is 14.3. The van der Waals surface area contributed by atoms with E-state index < -0.39 is 9.73 Å². The van der Waals surface area contributed by atoms with Crippen molar-refractivity contribution >= 4 is 15.8 Å². The van der Waals surface area contributed by atoms with E-state index in [1.807, 2.05) is 43.3 Å². The zero-order chi connectivity index (χ0) is 14.6. The zero-order valence-corrected chi connectivity index (χ0v) is 12.3. The Kier molecular flexibility index (Phi) is 4.25. The van der Waals surface area contributed by atoms with Gasteiger partial charge >= 0.3 is 0 Å². The molecule has 4 heteroatoms. The Bertz CT molecular complexity index is 716. The number of benzene rings is 2. The van der Waals surface area contributed by atoms with Crippen LogP contribution in [0.1, 0.15) is 11.1 Å². The van der Waals surface area contributed by atoms with Crippen molar-refractivity contribution in [3.8, 4) is 5.75 Å². The molecule has 0 bridgehead atoms. The molecule has 1 atom stereocenters. The van der Waals surface area contributed by atoms with Gasteiger partial charge in [-0.3, -0.25) is 0 Å². The van der Waals surface area contributed by atoms with E-state index >= 15 is 0 Å². The summed E-state index contributed by atoms with van der Waals surface area (Å²) in [5.74, 6) is 0.735. The molecule has 104 valence electrons. The molecule has 0 heterocycles. The minimum absolute atomic E-state index is 0.516. The van der Waals surface area contributed by atoms with Crippen molar-refractivity contribution in [1.82, 2.24) is 0 Å². The topological polar surface area (TPSA) is 50.1 Å². The third kappa shape index (κ3) is 3.48. The van der Waals surface area contributed by atoms with Crippen LogP contribution < -0.4 is 4.74 Å². The molecular weight excluding hydrogens is 270 g/mol. The van der Waals surface area contributed by atoms with Crippen molar-refractivity contribution < 1.29 is 8.95 Å². The summed E-state index contributed by atoms with van der Waals surface area (Å²) in [5.41, 5.74) is 1.94. The Morgan fingerprint density at radius 2 is 1.85 bits per heavy atom. The van der Waals surface area contributed by atoms with E-state index in [0.717, 1.165) is 16.9 Å². The zero-order valence-electron chi connectivity index (χ0n) is 11.5. The molecule has 0 aliphatic heterocycles. The second-order valence-corrected chi connectivity index (χ2v) is 6.44. The second kappa shape index (κ2) is 5.92. The smallest absolute Gasteiger partial charge is 0.119 e. The highest BCUT2D eigenvalue weighted by Crippen LogP contribution is 2.18. The summed E-state index contributed by atoms with van der Waals surface area (Å²) < 4.78 is 25.5. The average Bonchev–Trinajstić information content (AvgIpc) is 2.46. The number of hydrogen-bond donors (Lipinski definition) is 1. The molecule has 0 saturated carbocycles. The Morgan fingerprint density at radius 3 is 2.50 bits per heavy atom. The Hall–Kier alpha value is -2.07. The van der Waals surface area contributed by atoms with Gasteiger partial charge in [0.25, 0.3) is 0 Å². The van der Waals surface area contributed by atoms with Crippen LogP contribution in [-0.4, -0.2) is 11.3 Å². The van der Waals surface area contributed by atoms with Crippen molar-refractivity contribution in [3.63, 3.8) is 0 Å². The summed E-state index contributed by atoms with van der Waals surface area (Å²) in [7, 11) is -1.32. The normalized spacial score (nSPS) is 14.1. The van der Waals surface area contributed by atoms with Gasteiger partial charge < -0.3 is 4.74 Å². The van der Waals surface area contributed by atoms with Gasteiger partial charge in [-0.2, -0.15) is 0 Å². The molecule has 1 unspecified atom stereocenters. The fourth-order valence-corrected chi connectivity index (χ4v) is 2.78. The summed E-state index contributed by atoms with van der Waals surface area (Å²) in [6, 6.07) is 14.6. The monoisotopic (exact) mass is 287 g/mol. The van der Waals surface area contributed by atoms with E-state index in [-0.39, 0.29) is 0 Å². The first-order chi connectivity index (χ1) is 9.51. The first-order valence-electron chi connectivity index (χ1n) is 6.19. The summed E-state index contributed by atoms with van der Waals surface area (Å²) >= 11 is 0. The molecule has 0 radical (unpaired) electrons. The molecule has 0 saturated heterocycles. The number of methoxy groups -OCH3 is 1. The fraction of sp³-hybridized carbons (Fsp3) is 0.125. The van der Waals surface area contributed by atoms with E-state index in [0.29, 0.717) is 4.90 Å². The molecule has 2 aromatic rings. The van der Waals surface area contributed by atoms with Crippen LogP contribution in [0.3, 0.4) is 0 Å². The highest BCUT2D eigenvalue weighted by Gasteiger charge is 2.05. The van der Waals surface area contributed by atoms with Gasteiger partial charge in [0.1, 0.15) is 5.75 Å². The van der Waals surface area contributed by atoms with Crippen LogP contribution in [0.2, 0.25) is 0 Å². The summed E-state index contributed by atoms with van der Waals surface area (Å²) in [6.45, 7) is 1.96. The van der Waals surface area contributed by atoms with Crippen LogP contribution in [0.25, 0.3) is 6.08 Å². The van der Waals surface area contributed by atoms with Crippen molar-refractivity contribution in [2.24, 2.45) is 0 Å². The van der Waals surface area contributed by atoms with Gasteiger partial charge in [0.05, 0.1) is 21.7 Å². The quantitative estimate of drug-likeness (QED) is 0.921. The van der Waals surface area contributed by atoms with Gasteiger partial charge in [-0.1, -0.05) is 29.8 Å². The van der Waals surface area contributed by atoms with Crippen LogP contribution in [-0.2, 0) is 9.73 Å². The molecule has 2 aromatic carbocycles. The van der Waals surface area contributed by atoms with Crippen LogP contribution >= 0.6 is 0 Å². The highest BCUT2D eigenvalue weighted by atomic mass is 32.2. The van der Waals surface area contributed by atoms with Gasteiger partial charge in [0.15, 0.2) is 0 Å². The maximum absolute atomic E-state index is 12.4. The molecule has 1 N–H and O–H groups in total. The number of hydrogen-bond acceptors (Lipinski definition) is 3. The Labute approximate surface area is 119 Å². The molecule has 0 spiro atoms. The van der Waals surface area contributed by atoms with E-state index in [1.165, 1.54) is 5.41 Å². The molecule has 20 heavy (non-hydrogen) atoms. The lowest BCUT2D eigenvalue weighted by Crippen LogP contribution is -1.93. The molecule has 0 aliphatic rings. The maximum atomic E-state index is 12.4. The minimum Gasteiger partial charge on any atom is -0.497 e. The van der Waals surface area contributed by atoms with E-state index in [2.05, 4.69) is 0 Å². The molecular formula is C16H17NO2S. The number of rotatable bonds is 4. The average molecular weight is 287 g/mol. The predicted molar refractivity (Wildman–Crippen MR) is 82.3 cm³/mol. The minimum atomic E-state index is -2.92. The van der Waals surface area contributed by atoms with Gasteiger partial charge in [0, 0.05) is 5.41 Å². The highest BCUT2D eigenvalue weighted by molar-refractivity contribution is 7.95. The predicted octanol–water partition coefficient (Wildman–Crippen LogP) is 4.08. The SMILES string of the molecule is COc1cccc(/C=C/S(=N)(=O)c2ccc(C)cc2)c1. The van der Waals surface area contributed by atoms with Gasteiger partial charge in [-0.05, 0) is 42.8 Å². The fourth-order valence-electron chi connectivity index (χ4n) is 1.74. The van der Waals surface area contributed by atoms with Crippen LogP contribution in [0.15, 0.2) is 58.8 Å². The standard InChI is InChI=1S/C16H17NO2S/c1-13-6-8-16(9-7-13)20(17,18)11-10-14-4-3-5-15(12-14)19-2/h3-12,17H,1-2H3/b11-10+. The molecule has 2 rings (SSSR count). The summed E-state index contributed by atoms with van der Waals surface area (Å²) in [4.78, 5) is 0.516. The largest absolute Gasteiger partial charge is 0.497 e. The van der Waals surface area contributed by atoms with E-state index in [4.69, 9.17) is 9.52 Å². The van der Waals surface area contributed by atoms with Gasteiger partial charge in [-0.25, -0.2) is 8.99 Å². The lowest BCUT2D eigenvalue weighted by molar-refractivity contribution is 0.414. The van der Waals surface area contributed by atoms with Crippen LogP contribution in [0, 0.1) is 11.7 Å². The van der Waals surface area contributed by atoms with Crippen molar-refractivity contribution in [3.05, 3.63) is 65.1 Å². The lowest BCUT2D eigenvalue weighted by Gasteiger charge is -2.03. The van der Waals surface area contributed by atoms with Crippen LogP contribution in [0.5, 0.6) is 5.75 Å². The lowest BCUT2D eigenvalue weighted by atomic mass is 10.2. The molecule has 0 amide bonds. The summed E-state index contributed by atoms with van der Waals surface area (Å²) in [5, 5.41) is 1.44. The summed E-state index contributed by atoms with van der Waals surface area (Å²) in [6.07, 6.45) is 1.69. The number of ether oxygens (including phenoxy) is 1. The second-order valence-electron chi connectivity index (χ2n) is 4.49. The van der Waals surface area contributed by atoms with Crippen LogP contribution in [0.4, 0.5) is 0 Å². The molecule has 0 aliphatic carbocycles. The molecule has 3 nitrogen and oxygen atoms in total. The van der Waals surface area contributed by atoms with Crippen molar-refractivity contribution in [2.75, 3.05) is 7.11 Å². The number of aryl methyl sites for hydroxylation is 1. The number of nitrogens with one attached hydrogen (secondary N) is 1. The van der Waals surface area contributed by atoms with E-state index in [1.54, 1.807) is 25.3 Å². The molecule has 0 fully saturated rings. The first-order valence-corrected chi connectivity index (χ1v) is 7.81. The third-order valence-corrected chi connectivity index (χ3v) is 4.41. The van der Waals surface area contributed by atoms with Gasteiger partial charge in [0.2, 0.25) is 0 Å². The van der Waals surface area contributed by atoms with Crippen molar-refractivity contribution in [2.45, 2.75) is 11.8 Å². The van der Waals surface area contributed by atoms with E-state index in [9.17, 15) is 4.21 Å². The maximum Gasteiger partial charge on any atom is 0.119 e. The Morgan fingerprint density at radius 1 is 1.15 bits per heavy atom. The Balaban J connectivity index is 2.27. The van der Waals surface area contributed by atoms with Crippen molar-refractivity contribution in [1.29, 1.82) is 4.78 Å². The third-order valence-electron chi connectivity index (χ3n) is 2.92. The van der Waals surface area contributed by atoms with Gasteiger partial charge in [-0.15, -0.1) is 0 Å².